The van der Waals surface area contributed by atoms with Gasteiger partial charge in [-0.25, -0.2) is 15.0 Å². The van der Waals surface area contributed by atoms with Gasteiger partial charge in [0.05, 0.1) is 0 Å². The molecule has 0 bridgehead atoms. The van der Waals surface area contributed by atoms with E-state index in [0.717, 1.165) is 48.2 Å². The van der Waals surface area contributed by atoms with Crippen LogP contribution >= 0.6 is 22.7 Å². The quantitative estimate of drug-likeness (QED) is 0.180. The summed E-state index contributed by atoms with van der Waals surface area (Å²) in [5.41, 5.74) is 10.8. The highest BCUT2D eigenvalue weighted by Gasteiger charge is 2.20. The zero-order valence-corrected chi connectivity index (χ0v) is 32.2. The lowest BCUT2D eigenvalue weighted by atomic mass is 9.94. The fraction of sp³-hybridized carbons (Fsp3) is 0.0784. The first kappa shape index (κ1) is 33.1. The Labute approximate surface area is 333 Å². The zero-order chi connectivity index (χ0) is 37.0. The molecule has 11 rings (SSSR count). The Morgan fingerprint density at radius 1 is 0.446 bits per heavy atom. The number of allylic oxidation sites excluding steroid dienone is 6. The van der Waals surface area contributed by atoms with Crippen molar-refractivity contribution in [1.82, 2.24) is 15.0 Å². The Kier molecular flexibility index (Phi) is 8.15. The highest BCUT2D eigenvalue weighted by molar-refractivity contribution is 7.26. The fourth-order valence-corrected chi connectivity index (χ4v) is 10.6. The third kappa shape index (κ3) is 5.83. The van der Waals surface area contributed by atoms with Crippen molar-refractivity contribution in [3.8, 4) is 33.9 Å². The van der Waals surface area contributed by atoms with E-state index >= 15 is 0 Å². The van der Waals surface area contributed by atoms with Gasteiger partial charge in [0.15, 0.2) is 17.5 Å². The molecular weight excluding hydrogens is 719 g/mol. The molecule has 56 heavy (non-hydrogen) atoms. The van der Waals surface area contributed by atoms with E-state index in [9.17, 15) is 0 Å². The smallest absolute Gasteiger partial charge is 0.165 e. The normalized spacial score (nSPS) is 15.2. The molecular formula is C51H35N3S2. The minimum absolute atomic E-state index is 0.700. The van der Waals surface area contributed by atoms with E-state index in [1.54, 1.807) is 11.3 Å². The second kappa shape index (κ2) is 13.8. The molecule has 6 aromatic carbocycles. The van der Waals surface area contributed by atoms with E-state index < -0.39 is 0 Å². The van der Waals surface area contributed by atoms with Crippen LogP contribution < -0.4 is 0 Å². The van der Waals surface area contributed by atoms with Gasteiger partial charge in [0.2, 0.25) is 0 Å². The first-order valence-corrected chi connectivity index (χ1v) is 20.9. The average molecular weight is 754 g/mol. The maximum atomic E-state index is 5.32. The van der Waals surface area contributed by atoms with Crippen LogP contribution in [0.5, 0.6) is 0 Å². The number of hydrogen-bond acceptors (Lipinski definition) is 5. The SMILES string of the molecule is C1=CC(c2nc(-c3cccc4c3sc3ccccc34)nc(-c3cccc4sc5ccc(-c6ccc7c(c6)/C=C\Cc6ccccc6/C=C\C7)cc5c34)n2)=CCC1. The first-order valence-electron chi connectivity index (χ1n) is 19.3. The van der Waals surface area contributed by atoms with Crippen LogP contribution in [0.25, 0.3) is 92.0 Å². The molecule has 266 valence electrons. The molecule has 2 aliphatic rings. The molecule has 0 aliphatic heterocycles. The van der Waals surface area contributed by atoms with Gasteiger partial charge in [0.25, 0.3) is 0 Å². The van der Waals surface area contributed by atoms with E-state index in [1.165, 1.54) is 73.7 Å². The minimum Gasteiger partial charge on any atom is -0.208 e. The third-order valence-electron chi connectivity index (χ3n) is 11.1. The minimum atomic E-state index is 0.700. The number of benzene rings is 6. The summed E-state index contributed by atoms with van der Waals surface area (Å²) in [6.45, 7) is 0. The Morgan fingerprint density at radius 2 is 1.14 bits per heavy atom. The Hall–Kier alpha value is -6.27. The van der Waals surface area contributed by atoms with Crippen molar-refractivity contribution in [2.45, 2.75) is 25.7 Å². The monoisotopic (exact) mass is 753 g/mol. The Balaban J connectivity index is 1.05. The summed E-state index contributed by atoms with van der Waals surface area (Å²) < 4.78 is 4.94. The summed E-state index contributed by atoms with van der Waals surface area (Å²) in [4.78, 5) is 15.7. The van der Waals surface area contributed by atoms with Crippen LogP contribution in [0.1, 0.15) is 40.9 Å². The van der Waals surface area contributed by atoms with Crippen LogP contribution in [0, 0.1) is 0 Å². The van der Waals surface area contributed by atoms with Gasteiger partial charge in [0, 0.05) is 57.0 Å². The number of hydrogen-bond donors (Lipinski definition) is 0. The maximum Gasteiger partial charge on any atom is 0.165 e. The Bertz CT molecular complexity index is 3150. The number of thiophene rings is 2. The molecule has 3 aromatic heterocycles. The van der Waals surface area contributed by atoms with Crippen LogP contribution in [0.15, 0.2) is 152 Å². The fourth-order valence-electron chi connectivity index (χ4n) is 8.27. The van der Waals surface area contributed by atoms with E-state index in [2.05, 4.69) is 164 Å². The second-order valence-corrected chi connectivity index (χ2v) is 16.7. The summed E-state index contributed by atoms with van der Waals surface area (Å²) in [7, 11) is 0. The topological polar surface area (TPSA) is 38.7 Å². The third-order valence-corrected chi connectivity index (χ3v) is 13.4. The van der Waals surface area contributed by atoms with Crippen molar-refractivity contribution in [2.24, 2.45) is 0 Å². The second-order valence-electron chi connectivity index (χ2n) is 14.5. The predicted molar refractivity (Wildman–Crippen MR) is 240 cm³/mol. The first-order chi connectivity index (χ1) is 27.7. The predicted octanol–water partition coefficient (Wildman–Crippen LogP) is 14.2. The molecule has 0 unspecified atom stereocenters. The number of fused-ring (bicyclic) bond motifs is 8. The lowest BCUT2D eigenvalue weighted by molar-refractivity contribution is 1.01. The Morgan fingerprint density at radius 3 is 2.05 bits per heavy atom. The van der Waals surface area contributed by atoms with Crippen molar-refractivity contribution < 1.29 is 0 Å². The molecule has 5 heteroatoms. The highest BCUT2D eigenvalue weighted by atomic mass is 32.1. The molecule has 0 fully saturated rings. The largest absolute Gasteiger partial charge is 0.208 e. The van der Waals surface area contributed by atoms with E-state index in [-0.39, 0.29) is 0 Å². The molecule has 0 atom stereocenters. The molecule has 0 amide bonds. The van der Waals surface area contributed by atoms with E-state index in [0.29, 0.717) is 11.6 Å². The van der Waals surface area contributed by atoms with Gasteiger partial charge < -0.3 is 0 Å². The van der Waals surface area contributed by atoms with Gasteiger partial charge >= 0.3 is 0 Å². The molecule has 9 aromatic rings. The number of aromatic nitrogens is 3. The summed E-state index contributed by atoms with van der Waals surface area (Å²) in [6, 6.07) is 44.2. The number of nitrogens with zero attached hydrogens (tertiary/aromatic N) is 3. The van der Waals surface area contributed by atoms with Crippen molar-refractivity contribution in [1.29, 1.82) is 0 Å². The van der Waals surface area contributed by atoms with Gasteiger partial charge in [0.1, 0.15) is 0 Å². The zero-order valence-electron chi connectivity index (χ0n) is 30.6. The molecule has 0 saturated carbocycles. The van der Waals surface area contributed by atoms with Gasteiger partial charge in [-0.05, 0) is 95.5 Å². The van der Waals surface area contributed by atoms with Gasteiger partial charge in [-0.2, -0.15) is 0 Å². The van der Waals surface area contributed by atoms with Crippen molar-refractivity contribution in [3.05, 3.63) is 180 Å². The summed E-state index contributed by atoms with van der Waals surface area (Å²) in [5, 5.41) is 4.91. The molecule has 2 aliphatic carbocycles. The van der Waals surface area contributed by atoms with Gasteiger partial charge in [-0.15, -0.1) is 22.7 Å². The van der Waals surface area contributed by atoms with Crippen LogP contribution in [0.4, 0.5) is 0 Å². The summed E-state index contributed by atoms with van der Waals surface area (Å²) in [5.74, 6) is 2.12. The van der Waals surface area contributed by atoms with Crippen molar-refractivity contribution in [2.75, 3.05) is 0 Å². The summed E-state index contributed by atoms with van der Waals surface area (Å²) >= 11 is 3.63. The standard InChI is InChI=1S/C51H35N3S2/c1-2-14-35(15-3-1)49-52-50(54-51(53-49)42-23-10-21-40-39-20-6-7-24-44(39)56-48(40)42)41-22-11-25-46-47(41)43-31-38(28-29-45(43)55-46)37-27-26-34-18-8-16-32-12-4-5-13-33(32)17-9-19-36(34)30-37/h2,4-16,19-31H,1,3,17-18H2/b16-8-,19-9-. The molecule has 0 radical (unpaired) electrons. The number of rotatable bonds is 4. The lowest BCUT2D eigenvalue weighted by Crippen LogP contribution is -2.03. The molecule has 3 nitrogen and oxygen atoms in total. The van der Waals surface area contributed by atoms with E-state index in [1.807, 2.05) is 11.3 Å². The lowest BCUT2D eigenvalue weighted by Gasteiger charge is -2.12. The average Bonchev–Trinajstić information content (AvgIpc) is 3.83. The maximum absolute atomic E-state index is 5.32. The van der Waals surface area contributed by atoms with Crippen LogP contribution in [0.2, 0.25) is 0 Å². The van der Waals surface area contributed by atoms with Crippen LogP contribution in [-0.2, 0) is 12.8 Å². The summed E-state index contributed by atoms with van der Waals surface area (Å²) in [6.07, 6.45) is 19.6. The van der Waals surface area contributed by atoms with Crippen molar-refractivity contribution in [3.63, 3.8) is 0 Å². The van der Waals surface area contributed by atoms with Crippen LogP contribution in [-0.4, -0.2) is 15.0 Å². The molecule has 3 heterocycles. The highest BCUT2D eigenvalue weighted by Crippen LogP contribution is 2.43. The van der Waals surface area contributed by atoms with E-state index in [4.69, 9.17) is 15.0 Å². The molecule has 0 spiro atoms. The van der Waals surface area contributed by atoms with Crippen LogP contribution in [0.3, 0.4) is 0 Å². The molecule has 0 saturated heterocycles. The molecule has 0 N–H and O–H groups in total. The van der Waals surface area contributed by atoms with Crippen molar-refractivity contribution >= 4 is 80.7 Å². The van der Waals surface area contributed by atoms with Gasteiger partial charge in [-0.3, -0.25) is 0 Å². The van der Waals surface area contributed by atoms with Gasteiger partial charge in [-0.1, -0.05) is 127 Å².